The summed E-state index contributed by atoms with van der Waals surface area (Å²) in [4.78, 5) is 24.5. The average molecular weight is 534 g/mol. The molecular weight excluding hydrogens is 487 g/mol. The van der Waals surface area contributed by atoms with Gasteiger partial charge in [-0.05, 0) is 39.5 Å². The zero-order valence-corrected chi connectivity index (χ0v) is 23.7. The number of carbonyl (C=O) groups excluding carboxylic acids is 2. The molecule has 0 amide bonds. The van der Waals surface area contributed by atoms with Gasteiger partial charge in [-0.2, -0.15) is 0 Å². The van der Waals surface area contributed by atoms with E-state index in [2.05, 4.69) is 0 Å². The van der Waals surface area contributed by atoms with Crippen molar-refractivity contribution in [3.8, 4) is 0 Å². The van der Waals surface area contributed by atoms with E-state index in [-0.39, 0.29) is 26.1 Å². The monoisotopic (exact) mass is 533 g/mol. The van der Waals surface area contributed by atoms with Crippen LogP contribution in [0.2, 0.25) is 0 Å². The van der Waals surface area contributed by atoms with E-state index in [1.165, 1.54) is 0 Å². The molecule has 0 aromatic carbocycles. The molecule has 0 aliphatic carbocycles. The lowest BCUT2D eigenvalue weighted by molar-refractivity contribution is -0.165. The quantitative estimate of drug-likeness (QED) is 0.0836. The lowest BCUT2D eigenvalue weighted by Gasteiger charge is -2.14. The van der Waals surface area contributed by atoms with Crippen molar-refractivity contribution >= 4 is 20.2 Å². The number of hydrogen-bond acceptors (Lipinski definition) is 9. The molecule has 0 saturated carbocycles. The smallest absolute Gasteiger partial charge is 0.433 e. The van der Waals surface area contributed by atoms with Crippen molar-refractivity contribution in [3.05, 3.63) is 22.3 Å². The first-order valence-electron chi connectivity index (χ1n) is 13.0. The molecule has 10 heteroatoms. The number of aliphatic hydroxyl groups is 2. The van der Waals surface area contributed by atoms with Crippen molar-refractivity contribution in [2.45, 2.75) is 118 Å². The predicted molar refractivity (Wildman–Crippen MR) is 138 cm³/mol. The van der Waals surface area contributed by atoms with Gasteiger partial charge in [-0.1, -0.05) is 64.5 Å². The molecule has 2 unspecified atom stereocenters. The van der Waals surface area contributed by atoms with Crippen LogP contribution < -0.4 is 0 Å². The maximum absolute atomic E-state index is 12.2. The second-order valence-corrected chi connectivity index (χ2v) is 9.61. The van der Waals surface area contributed by atoms with Gasteiger partial charge < -0.3 is 19.7 Å². The Morgan fingerprint density at radius 2 is 0.972 bits per heavy atom. The molecule has 0 saturated heterocycles. The van der Waals surface area contributed by atoms with Crippen molar-refractivity contribution in [1.82, 2.24) is 0 Å². The normalized spacial score (nSPS) is 12.9. The van der Waals surface area contributed by atoms with Crippen LogP contribution in [0.1, 0.15) is 106 Å². The molecule has 36 heavy (non-hydrogen) atoms. The third-order valence-corrected chi connectivity index (χ3v) is 6.28. The first kappa shape index (κ1) is 34.4. The first-order valence-corrected chi connectivity index (χ1v) is 14.1. The summed E-state index contributed by atoms with van der Waals surface area (Å²) in [5, 5.41) is 19.9. The molecule has 0 bridgehead atoms. The van der Waals surface area contributed by atoms with E-state index >= 15 is 0 Å². The van der Waals surface area contributed by atoms with Crippen LogP contribution in [0.15, 0.2) is 22.3 Å². The molecular formula is C26H46O9P+. The van der Waals surface area contributed by atoms with Crippen molar-refractivity contribution in [2.75, 3.05) is 13.2 Å². The lowest BCUT2D eigenvalue weighted by Crippen LogP contribution is -2.21. The maximum Gasteiger partial charge on any atom is 0.697 e. The van der Waals surface area contributed by atoms with Crippen LogP contribution >= 0.6 is 8.25 Å². The summed E-state index contributed by atoms with van der Waals surface area (Å²) in [6, 6.07) is 0. The molecule has 0 aliphatic heterocycles. The van der Waals surface area contributed by atoms with E-state index in [1.807, 2.05) is 27.7 Å². The highest BCUT2D eigenvalue weighted by atomic mass is 31.1. The summed E-state index contributed by atoms with van der Waals surface area (Å²) in [5.74, 6) is -1.16. The molecule has 0 fully saturated rings. The minimum Gasteiger partial charge on any atom is -0.433 e. The fraction of sp³-hybridized carbons (Fsp3) is 0.769. The molecule has 0 aliphatic rings. The van der Waals surface area contributed by atoms with Crippen LogP contribution in [0.25, 0.3) is 0 Å². The first-order chi connectivity index (χ1) is 17.1. The van der Waals surface area contributed by atoms with Crippen LogP contribution in [0.4, 0.5) is 0 Å². The number of allylic oxidation sites excluding steroid dienone is 2. The highest BCUT2D eigenvalue weighted by Gasteiger charge is 2.24. The second-order valence-electron chi connectivity index (χ2n) is 8.64. The Morgan fingerprint density at radius 1 is 0.667 bits per heavy atom. The zero-order valence-electron chi connectivity index (χ0n) is 22.8. The molecule has 0 spiro atoms. The van der Waals surface area contributed by atoms with Gasteiger partial charge >= 0.3 is 20.2 Å². The van der Waals surface area contributed by atoms with Crippen molar-refractivity contribution in [1.29, 1.82) is 0 Å². The summed E-state index contributed by atoms with van der Waals surface area (Å²) in [7, 11) is -2.52. The van der Waals surface area contributed by atoms with Crippen LogP contribution in [0.5, 0.6) is 0 Å². The summed E-state index contributed by atoms with van der Waals surface area (Å²) in [6.45, 7) is 11.2. The fourth-order valence-electron chi connectivity index (χ4n) is 3.53. The highest BCUT2D eigenvalue weighted by molar-refractivity contribution is 7.33. The second kappa shape index (κ2) is 20.4. The molecule has 0 rings (SSSR count). The summed E-state index contributed by atoms with van der Waals surface area (Å²) in [5.41, 5.74) is 3.05. The highest BCUT2D eigenvalue weighted by Crippen LogP contribution is 2.25. The van der Waals surface area contributed by atoms with Crippen LogP contribution in [0.3, 0.4) is 0 Å². The number of ether oxygens (including phenoxy) is 2. The number of carbonyl (C=O) groups is 2. The Morgan fingerprint density at radius 3 is 1.25 bits per heavy atom. The van der Waals surface area contributed by atoms with E-state index in [9.17, 15) is 24.4 Å². The van der Waals surface area contributed by atoms with Crippen LogP contribution in [-0.4, -0.2) is 47.9 Å². The molecule has 0 aromatic rings. The van der Waals surface area contributed by atoms with E-state index in [4.69, 9.17) is 18.5 Å². The number of hydrogen-bond donors (Lipinski definition) is 2. The zero-order chi connectivity index (χ0) is 27.5. The van der Waals surface area contributed by atoms with Crippen LogP contribution in [-0.2, 0) is 32.7 Å². The van der Waals surface area contributed by atoms with Gasteiger partial charge in [-0.15, -0.1) is 9.05 Å². The topological polar surface area (TPSA) is 129 Å². The third-order valence-electron chi connectivity index (χ3n) is 5.49. The van der Waals surface area contributed by atoms with Gasteiger partial charge in [-0.3, -0.25) is 0 Å². The van der Waals surface area contributed by atoms with Crippen molar-refractivity contribution in [2.24, 2.45) is 0 Å². The number of esters is 2. The van der Waals surface area contributed by atoms with Crippen molar-refractivity contribution < 1.29 is 42.9 Å². The summed E-state index contributed by atoms with van der Waals surface area (Å²) in [6.07, 6.45) is 3.90. The minimum atomic E-state index is -2.52. The summed E-state index contributed by atoms with van der Waals surface area (Å²) >= 11 is 0. The largest absolute Gasteiger partial charge is 0.697 e. The predicted octanol–water partition coefficient (Wildman–Crippen LogP) is 6.01. The van der Waals surface area contributed by atoms with E-state index in [0.717, 1.165) is 62.5 Å². The fourth-order valence-corrected chi connectivity index (χ4v) is 4.11. The van der Waals surface area contributed by atoms with Gasteiger partial charge in [-0.25, -0.2) is 9.59 Å². The van der Waals surface area contributed by atoms with Gasteiger partial charge in [0.25, 0.3) is 0 Å². The molecule has 9 nitrogen and oxygen atoms in total. The Labute approximate surface area is 217 Å². The number of aliphatic hydroxyl groups excluding tert-OH is 2. The van der Waals surface area contributed by atoms with E-state index in [0.29, 0.717) is 11.1 Å². The van der Waals surface area contributed by atoms with Crippen molar-refractivity contribution in [3.63, 3.8) is 0 Å². The Hall–Kier alpha value is -1.64. The Bertz CT molecular complexity index is 670. The maximum atomic E-state index is 12.2. The SMILES string of the molecule is CCCC(CCC)=C(C)C(=O)OC(O)CCO[P+](=O)OCCC(O)OC(=O)C(C)=C(CCC)CCC. The third kappa shape index (κ3) is 14.8. The van der Waals surface area contributed by atoms with Crippen LogP contribution in [0, 0.1) is 0 Å². The average Bonchev–Trinajstić information content (AvgIpc) is 2.82. The molecule has 208 valence electrons. The molecule has 0 heterocycles. The molecule has 0 radical (unpaired) electrons. The Kier molecular flexibility index (Phi) is 19.5. The standard InChI is InChI=1S/C26H46O9P/c1-7-11-21(12-8-2)19(5)25(29)34-23(27)15-17-32-36(31)33-18-16-24(28)35-26(30)20(6)22(13-9-3)14-10-4/h23-24,27-28H,7-18H2,1-6H3/q+1. The van der Waals surface area contributed by atoms with E-state index in [1.54, 1.807) is 13.8 Å². The summed E-state index contributed by atoms with van der Waals surface area (Å²) < 4.78 is 31.9. The van der Waals surface area contributed by atoms with Gasteiger partial charge in [0.2, 0.25) is 12.6 Å². The minimum absolute atomic E-state index is 0.0793. The van der Waals surface area contributed by atoms with Gasteiger partial charge in [0, 0.05) is 28.6 Å². The molecule has 0 aromatic heterocycles. The van der Waals surface area contributed by atoms with Gasteiger partial charge in [0.15, 0.2) is 0 Å². The van der Waals surface area contributed by atoms with E-state index < -0.39 is 32.8 Å². The molecule has 2 atom stereocenters. The lowest BCUT2D eigenvalue weighted by atomic mass is 10.0. The van der Waals surface area contributed by atoms with Gasteiger partial charge in [0.1, 0.15) is 13.2 Å². The molecule has 2 N–H and O–H groups in total. The van der Waals surface area contributed by atoms with Gasteiger partial charge in [0.05, 0.1) is 0 Å². The number of rotatable bonds is 20. The Balaban J connectivity index is 4.36.